The van der Waals surface area contributed by atoms with E-state index in [1.165, 1.54) is 19.0 Å². The number of nitrogens with zero attached hydrogens (tertiary/aromatic N) is 2. The van der Waals surface area contributed by atoms with Gasteiger partial charge < -0.3 is 36.2 Å². The number of carbonyl (C=O) groups is 3. The summed E-state index contributed by atoms with van der Waals surface area (Å²) >= 11 is 0. The highest BCUT2D eigenvalue weighted by molar-refractivity contribution is 6.24. The first-order valence-electron chi connectivity index (χ1n) is 14.1. The Bertz CT molecular complexity index is 1390. The van der Waals surface area contributed by atoms with Crippen LogP contribution in [0.5, 0.6) is 5.75 Å². The van der Waals surface area contributed by atoms with Crippen molar-refractivity contribution in [2.45, 2.75) is 69.2 Å². The molecule has 2 fully saturated rings. The molecule has 6 atom stereocenters. The number of fused-ring (bicyclic) bond motifs is 3. The van der Waals surface area contributed by atoms with Crippen molar-refractivity contribution in [2.24, 2.45) is 23.5 Å². The monoisotopic (exact) mass is 569 g/mol. The second kappa shape index (κ2) is 9.85. The smallest absolute Gasteiger partial charge is 0.255 e. The minimum atomic E-state index is -2.92. The second-order valence-electron chi connectivity index (χ2n) is 12.5. The Morgan fingerprint density at radius 1 is 1.02 bits per heavy atom. The number of rotatable bonds is 4. The van der Waals surface area contributed by atoms with Crippen LogP contribution < -0.4 is 10.6 Å². The van der Waals surface area contributed by atoms with Crippen LogP contribution in [-0.4, -0.2) is 92.8 Å². The first-order valence-corrected chi connectivity index (χ1v) is 14.1. The lowest BCUT2D eigenvalue weighted by Gasteiger charge is -2.53. The number of phenolic OH excluding ortho intramolecular Hbond substituents is 1. The Labute approximate surface area is 238 Å². The van der Waals surface area contributed by atoms with Crippen molar-refractivity contribution in [3.05, 3.63) is 40.2 Å². The zero-order valence-electron chi connectivity index (χ0n) is 24.0. The van der Waals surface area contributed by atoms with Crippen molar-refractivity contribution < 1.29 is 39.9 Å². The Balaban J connectivity index is 1.69. The summed E-state index contributed by atoms with van der Waals surface area (Å²) in [6.07, 6.45) is 2.39. The number of Topliss-reactive ketones (excluding diaryl/α,β-unsaturated/α-hetero) is 2. The molecule has 0 aliphatic heterocycles. The molecular weight excluding hydrogens is 530 g/mol. The summed E-state index contributed by atoms with van der Waals surface area (Å²) in [6, 6.07) is 2.31. The van der Waals surface area contributed by atoms with E-state index in [2.05, 4.69) is 6.92 Å². The number of phenols is 1. The Hall–Kier alpha value is -3.41. The predicted molar refractivity (Wildman–Crippen MR) is 150 cm³/mol. The molecule has 0 saturated heterocycles. The lowest BCUT2D eigenvalue weighted by Crippen LogP contribution is -2.70. The first-order chi connectivity index (χ1) is 19.2. The third kappa shape index (κ3) is 3.93. The standard InChI is InChI=1S/C30H39N3O8/c1-12-6-8-14(9-7-12)33(5)16-11-10-15-13(2)17-19(24(35)18(15)23(16)34)27(38)30(41)21(25(17)36)22(32(3)4)26(37)20(28(30)39)29(31)40/h10-14,17,21-22,25,34-36,39,41H,6-9H2,1-5H3,(H2,31,40)/t12?,13-,14?,17+,21+,22-,25-,30-/m0/s1. The quantitative estimate of drug-likeness (QED) is 0.290. The van der Waals surface area contributed by atoms with Crippen LogP contribution in [0.4, 0.5) is 5.69 Å². The number of benzene rings is 1. The lowest BCUT2D eigenvalue weighted by atomic mass is 9.54. The van der Waals surface area contributed by atoms with Crippen LogP contribution >= 0.6 is 0 Å². The van der Waals surface area contributed by atoms with Crippen molar-refractivity contribution in [1.82, 2.24) is 4.90 Å². The number of ketones is 2. The lowest BCUT2D eigenvalue weighted by molar-refractivity contribution is -0.169. The molecule has 4 aliphatic carbocycles. The average molecular weight is 570 g/mol. The maximum absolute atomic E-state index is 14.1. The fourth-order valence-corrected chi connectivity index (χ4v) is 7.72. The SMILES string of the molecule is CC1CCC(N(C)c2ccc3c(c2O)C(O)=C2C(=O)[C@]4(O)C(O)=C(C(N)=O)C(=O)[C@@H](N(C)C)[C@@H]4[C@@H](O)[C@@H]2[C@H]3C)CC1. The van der Waals surface area contributed by atoms with Crippen LogP contribution in [0.1, 0.15) is 56.6 Å². The van der Waals surface area contributed by atoms with Crippen LogP contribution in [0.15, 0.2) is 29.0 Å². The number of aliphatic hydroxyl groups excluding tert-OH is 3. The molecule has 0 unspecified atom stereocenters. The van der Waals surface area contributed by atoms with E-state index in [4.69, 9.17) is 5.73 Å². The predicted octanol–water partition coefficient (Wildman–Crippen LogP) is 1.51. The number of hydrogen-bond donors (Lipinski definition) is 6. The largest absolute Gasteiger partial charge is 0.508 e. The minimum Gasteiger partial charge on any atom is -0.508 e. The number of aliphatic hydroxyl groups is 4. The highest BCUT2D eigenvalue weighted by Crippen LogP contribution is 2.57. The van der Waals surface area contributed by atoms with Gasteiger partial charge in [0.25, 0.3) is 5.91 Å². The second-order valence-corrected chi connectivity index (χ2v) is 12.5. The van der Waals surface area contributed by atoms with Gasteiger partial charge in [-0.3, -0.25) is 19.3 Å². The Morgan fingerprint density at radius 3 is 2.20 bits per heavy atom. The van der Waals surface area contributed by atoms with Crippen LogP contribution in [0.3, 0.4) is 0 Å². The number of hydrogen-bond acceptors (Lipinski definition) is 10. The van der Waals surface area contributed by atoms with Gasteiger partial charge in [0, 0.05) is 24.6 Å². The fourth-order valence-electron chi connectivity index (χ4n) is 7.72. The van der Waals surface area contributed by atoms with Gasteiger partial charge in [0.1, 0.15) is 22.8 Å². The molecule has 0 radical (unpaired) electrons. The van der Waals surface area contributed by atoms with Crippen LogP contribution in [0, 0.1) is 17.8 Å². The van der Waals surface area contributed by atoms with Crippen LogP contribution in [0.2, 0.25) is 0 Å². The third-order valence-corrected chi connectivity index (χ3v) is 10.0. The van der Waals surface area contributed by atoms with Gasteiger partial charge >= 0.3 is 0 Å². The fraction of sp³-hybridized carbons (Fsp3) is 0.567. The Kier molecular flexibility index (Phi) is 6.99. The number of primary amides is 1. The number of likely N-dealkylation sites (N-methyl/N-ethyl adjacent to an activating group) is 1. The number of amides is 1. The van der Waals surface area contributed by atoms with Crippen molar-refractivity contribution in [3.8, 4) is 5.75 Å². The van der Waals surface area contributed by atoms with E-state index in [1.807, 2.05) is 11.9 Å². The van der Waals surface area contributed by atoms with Gasteiger partial charge in [0.05, 0.1) is 29.3 Å². The summed E-state index contributed by atoms with van der Waals surface area (Å²) < 4.78 is 0. The zero-order valence-corrected chi connectivity index (χ0v) is 24.0. The molecule has 1 aromatic rings. The average Bonchev–Trinajstić information content (AvgIpc) is 2.90. The molecule has 1 amide bonds. The summed E-state index contributed by atoms with van der Waals surface area (Å²) in [5, 5.41) is 57.6. The van der Waals surface area contributed by atoms with Gasteiger partial charge in [0.2, 0.25) is 5.78 Å². The van der Waals surface area contributed by atoms with E-state index in [0.717, 1.165) is 25.7 Å². The number of anilines is 1. The summed E-state index contributed by atoms with van der Waals surface area (Å²) in [4.78, 5) is 42.9. The molecule has 0 spiro atoms. The molecule has 11 heteroatoms. The number of aromatic hydroxyl groups is 1. The van der Waals surface area contributed by atoms with Gasteiger partial charge in [-0.25, -0.2) is 0 Å². The molecule has 7 N–H and O–H groups in total. The highest BCUT2D eigenvalue weighted by atomic mass is 16.4. The molecule has 5 rings (SSSR count). The van der Waals surface area contributed by atoms with Gasteiger partial charge in [-0.05, 0) is 63.2 Å². The van der Waals surface area contributed by atoms with Crippen LogP contribution in [-0.2, 0) is 14.4 Å². The van der Waals surface area contributed by atoms with E-state index in [1.54, 1.807) is 19.1 Å². The number of carbonyl (C=O) groups excluding carboxylic acids is 3. The molecular formula is C30H39N3O8. The van der Waals surface area contributed by atoms with Crippen LogP contribution in [0.25, 0.3) is 5.76 Å². The van der Waals surface area contributed by atoms with Gasteiger partial charge in [-0.2, -0.15) is 0 Å². The normalized spacial score (nSPS) is 35.3. The van der Waals surface area contributed by atoms with Crippen molar-refractivity contribution in [2.75, 3.05) is 26.0 Å². The topological polar surface area (TPSA) is 185 Å². The first kappa shape index (κ1) is 29.1. The third-order valence-electron chi connectivity index (χ3n) is 10.0. The van der Waals surface area contributed by atoms with Crippen molar-refractivity contribution in [1.29, 1.82) is 0 Å². The molecule has 1 aromatic carbocycles. The maximum Gasteiger partial charge on any atom is 0.255 e. The molecule has 0 bridgehead atoms. The molecule has 222 valence electrons. The van der Waals surface area contributed by atoms with E-state index in [0.29, 0.717) is 17.2 Å². The minimum absolute atomic E-state index is 0.00881. The van der Waals surface area contributed by atoms with Gasteiger partial charge in [0.15, 0.2) is 11.4 Å². The zero-order chi connectivity index (χ0) is 30.3. The molecule has 2 saturated carbocycles. The molecule has 0 heterocycles. The summed E-state index contributed by atoms with van der Waals surface area (Å²) in [6.45, 7) is 3.94. The van der Waals surface area contributed by atoms with E-state index < -0.39 is 70.1 Å². The summed E-state index contributed by atoms with van der Waals surface area (Å²) in [5.41, 5.74) is 2.09. The summed E-state index contributed by atoms with van der Waals surface area (Å²) in [7, 11) is 4.83. The van der Waals surface area contributed by atoms with E-state index in [9.17, 15) is 39.9 Å². The summed E-state index contributed by atoms with van der Waals surface area (Å²) in [5.74, 6) is -8.20. The number of nitrogens with two attached hydrogens (primary N) is 1. The molecule has 0 aromatic heterocycles. The van der Waals surface area contributed by atoms with E-state index in [-0.39, 0.29) is 22.9 Å². The van der Waals surface area contributed by atoms with E-state index >= 15 is 0 Å². The van der Waals surface area contributed by atoms with Gasteiger partial charge in [-0.15, -0.1) is 0 Å². The Morgan fingerprint density at radius 2 is 1.63 bits per heavy atom. The van der Waals surface area contributed by atoms with Gasteiger partial charge in [-0.1, -0.05) is 19.9 Å². The molecule has 11 nitrogen and oxygen atoms in total. The molecule has 4 aliphatic rings. The van der Waals surface area contributed by atoms with Crippen molar-refractivity contribution in [3.63, 3.8) is 0 Å². The van der Waals surface area contributed by atoms with Crippen molar-refractivity contribution >= 4 is 28.9 Å². The molecule has 41 heavy (non-hydrogen) atoms. The highest BCUT2D eigenvalue weighted by Gasteiger charge is 2.68. The maximum atomic E-state index is 14.1.